The Morgan fingerprint density at radius 1 is 1.45 bits per heavy atom. The Balaban J connectivity index is 1.97. The summed E-state index contributed by atoms with van der Waals surface area (Å²) in [5.74, 6) is 6.91. The van der Waals surface area contributed by atoms with Crippen LogP contribution in [0.1, 0.15) is 26.1 Å². The zero-order valence-corrected chi connectivity index (χ0v) is 12.8. The van der Waals surface area contributed by atoms with Gasteiger partial charge in [0.15, 0.2) is 0 Å². The normalized spacial score (nSPS) is 19.2. The maximum atomic E-state index is 5.81. The van der Waals surface area contributed by atoms with E-state index in [1.807, 2.05) is 19.4 Å². The van der Waals surface area contributed by atoms with E-state index in [9.17, 15) is 0 Å². The fourth-order valence-corrected chi connectivity index (χ4v) is 2.91. The Hall–Kier alpha value is -0.950. The molecule has 1 saturated heterocycles. The fourth-order valence-electron chi connectivity index (χ4n) is 2.91. The van der Waals surface area contributed by atoms with E-state index in [2.05, 4.69) is 33.7 Å². The third-order valence-electron chi connectivity index (χ3n) is 4.46. The van der Waals surface area contributed by atoms with Crippen molar-refractivity contribution >= 4 is 0 Å². The minimum atomic E-state index is 0.00366. The minimum Gasteiger partial charge on any atom is -0.379 e. The van der Waals surface area contributed by atoms with Crippen molar-refractivity contribution in [3.8, 4) is 0 Å². The standard InChI is InChI=1S/C14H27N5O/c1-14(2,19-8-10-20-11-9-19)12(17-15)4-5-13-16-6-7-18(13)3/h6-7,12,17H,4-5,8-11,15H2,1-3H3. The van der Waals surface area contributed by atoms with E-state index in [1.165, 1.54) is 0 Å². The van der Waals surface area contributed by atoms with Crippen LogP contribution >= 0.6 is 0 Å². The molecule has 0 radical (unpaired) electrons. The molecule has 0 amide bonds. The van der Waals surface area contributed by atoms with Crippen LogP contribution in [0.4, 0.5) is 0 Å². The van der Waals surface area contributed by atoms with Crippen LogP contribution in [0.25, 0.3) is 0 Å². The minimum absolute atomic E-state index is 0.00366. The largest absolute Gasteiger partial charge is 0.379 e. The number of imidazole rings is 1. The lowest BCUT2D eigenvalue weighted by molar-refractivity contribution is -0.0244. The molecule has 2 heterocycles. The number of ether oxygens (including phenoxy) is 1. The van der Waals surface area contributed by atoms with Gasteiger partial charge in [-0.25, -0.2) is 4.98 Å². The Bertz CT molecular complexity index is 411. The first-order valence-electron chi connectivity index (χ1n) is 7.31. The average Bonchev–Trinajstić information content (AvgIpc) is 2.86. The number of aromatic nitrogens is 2. The van der Waals surface area contributed by atoms with Crippen molar-refractivity contribution in [2.75, 3.05) is 26.3 Å². The molecule has 1 unspecified atom stereocenters. The highest BCUT2D eigenvalue weighted by Gasteiger charge is 2.35. The van der Waals surface area contributed by atoms with Gasteiger partial charge in [-0.15, -0.1) is 0 Å². The van der Waals surface area contributed by atoms with Gasteiger partial charge in [-0.2, -0.15) is 0 Å². The molecule has 20 heavy (non-hydrogen) atoms. The van der Waals surface area contributed by atoms with Crippen molar-refractivity contribution in [1.29, 1.82) is 0 Å². The number of hydrogen-bond donors (Lipinski definition) is 2. The predicted octanol–water partition coefficient (Wildman–Crippen LogP) is 0.295. The first-order valence-corrected chi connectivity index (χ1v) is 7.31. The van der Waals surface area contributed by atoms with Crippen LogP contribution in [0.5, 0.6) is 0 Å². The molecule has 1 aromatic rings. The number of rotatable bonds is 6. The molecule has 114 valence electrons. The van der Waals surface area contributed by atoms with E-state index < -0.39 is 0 Å². The number of nitrogens with one attached hydrogen (secondary N) is 1. The van der Waals surface area contributed by atoms with Crippen LogP contribution in [0.3, 0.4) is 0 Å². The second-order valence-electron chi connectivity index (χ2n) is 5.97. The van der Waals surface area contributed by atoms with Crippen molar-refractivity contribution in [2.45, 2.75) is 38.3 Å². The molecular formula is C14H27N5O. The third-order valence-corrected chi connectivity index (χ3v) is 4.46. The molecule has 2 rings (SSSR count). The first-order chi connectivity index (χ1) is 9.55. The molecule has 0 spiro atoms. The lowest BCUT2D eigenvalue weighted by Gasteiger charge is -2.45. The zero-order chi connectivity index (χ0) is 14.6. The molecule has 1 aliphatic heterocycles. The van der Waals surface area contributed by atoms with Gasteiger partial charge in [0.05, 0.1) is 13.2 Å². The molecule has 1 aliphatic rings. The smallest absolute Gasteiger partial charge is 0.108 e. The van der Waals surface area contributed by atoms with Crippen molar-refractivity contribution in [3.63, 3.8) is 0 Å². The number of aryl methyl sites for hydroxylation is 2. The summed E-state index contributed by atoms with van der Waals surface area (Å²) in [6, 6.07) is 0.220. The average molecular weight is 281 g/mol. The van der Waals surface area contributed by atoms with Crippen LogP contribution in [0.2, 0.25) is 0 Å². The van der Waals surface area contributed by atoms with E-state index in [1.54, 1.807) is 0 Å². The van der Waals surface area contributed by atoms with Gasteiger partial charge in [0, 0.05) is 50.5 Å². The van der Waals surface area contributed by atoms with Gasteiger partial charge < -0.3 is 9.30 Å². The number of hydrazine groups is 1. The molecule has 6 nitrogen and oxygen atoms in total. The molecular weight excluding hydrogens is 254 g/mol. The maximum Gasteiger partial charge on any atom is 0.108 e. The van der Waals surface area contributed by atoms with Crippen molar-refractivity contribution < 1.29 is 4.74 Å². The summed E-state index contributed by atoms with van der Waals surface area (Å²) in [6.07, 6.45) is 5.71. The summed E-state index contributed by atoms with van der Waals surface area (Å²) < 4.78 is 7.50. The Morgan fingerprint density at radius 3 is 2.70 bits per heavy atom. The molecule has 0 bridgehead atoms. The van der Waals surface area contributed by atoms with Crippen molar-refractivity contribution in [1.82, 2.24) is 19.9 Å². The van der Waals surface area contributed by atoms with Crippen LogP contribution in [0.15, 0.2) is 12.4 Å². The van der Waals surface area contributed by atoms with E-state index in [0.717, 1.165) is 45.0 Å². The van der Waals surface area contributed by atoms with Gasteiger partial charge in [0.25, 0.3) is 0 Å². The molecule has 6 heteroatoms. The second kappa shape index (κ2) is 6.67. The van der Waals surface area contributed by atoms with Crippen molar-refractivity contribution in [2.24, 2.45) is 12.9 Å². The van der Waals surface area contributed by atoms with Crippen LogP contribution in [0, 0.1) is 0 Å². The Morgan fingerprint density at radius 2 is 2.15 bits per heavy atom. The molecule has 1 aromatic heterocycles. The highest BCUT2D eigenvalue weighted by atomic mass is 16.5. The SMILES string of the molecule is Cn1ccnc1CCC(NN)C(C)(C)N1CCOCC1. The summed E-state index contributed by atoms with van der Waals surface area (Å²) in [4.78, 5) is 6.84. The van der Waals surface area contributed by atoms with Gasteiger partial charge in [0.1, 0.15) is 5.82 Å². The van der Waals surface area contributed by atoms with Gasteiger partial charge in [-0.05, 0) is 20.3 Å². The van der Waals surface area contributed by atoms with E-state index in [0.29, 0.717) is 0 Å². The molecule has 0 aliphatic carbocycles. The topological polar surface area (TPSA) is 68.3 Å². The first kappa shape index (κ1) is 15.4. The molecule has 3 N–H and O–H groups in total. The van der Waals surface area contributed by atoms with E-state index in [-0.39, 0.29) is 11.6 Å². The second-order valence-corrected chi connectivity index (χ2v) is 5.97. The van der Waals surface area contributed by atoms with Crippen molar-refractivity contribution in [3.05, 3.63) is 18.2 Å². The lowest BCUT2D eigenvalue weighted by atomic mass is 9.89. The maximum absolute atomic E-state index is 5.81. The number of morpholine rings is 1. The Labute approximate surface area is 121 Å². The summed E-state index contributed by atoms with van der Waals surface area (Å²) in [7, 11) is 2.03. The molecule has 1 fully saturated rings. The van der Waals surface area contributed by atoms with E-state index >= 15 is 0 Å². The lowest BCUT2D eigenvalue weighted by Crippen LogP contribution is -2.61. The molecule has 0 aromatic carbocycles. The van der Waals surface area contributed by atoms with Gasteiger partial charge in [-0.1, -0.05) is 0 Å². The number of nitrogens with two attached hydrogens (primary N) is 1. The van der Waals surface area contributed by atoms with Gasteiger partial charge in [-0.3, -0.25) is 16.2 Å². The zero-order valence-electron chi connectivity index (χ0n) is 12.8. The van der Waals surface area contributed by atoms with Crippen LogP contribution in [-0.4, -0.2) is 52.3 Å². The van der Waals surface area contributed by atoms with Crippen LogP contribution in [-0.2, 0) is 18.2 Å². The summed E-state index contributed by atoms with van der Waals surface area (Å²) in [5.41, 5.74) is 3.01. The Kier molecular flexibility index (Phi) is 5.15. The monoisotopic (exact) mass is 281 g/mol. The predicted molar refractivity (Wildman–Crippen MR) is 79.1 cm³/mol. The summed E-state index contributed by atoms with van der Waals surface area (Å²) in [5, 5.41) is 0. The highest BCUT2D eigenvalue weighted by molar-refractivity contribution is 4.97. The third kappa shape index (κ3) is 3.38. The fraction of sp³-hybridized carbons (Fsp3) is 0.786. The van der Waals surface area contributed by atoms with Gasteiger partial charge in [0.2, 0.25) is 0 Å². The number of nitrogens with zero attached hydrogens (tertiary/aromatic N) is 3. The van der Waals surface area contributed by atoms with E-state index in [4.69, 9.17) is 10.6 Å². The molecule has 0 saturated carbocycles. The van der Waals surface area contributed by atoms with Gasteiger partial charge >= 0.3 is 0 Å². The number of hydrogen-bond acceptors (Lipinski definition) is 5. The highest BCUT2D eigenvalue weighted by Crippen LogP contribution is 2.23. The van der Waals surface area contributed by atoms with Crippen LogP contribution < -0.4 is 11.3 Å². The quantitative estimate of drug-likeness (QED) is 0.580. The summed E-state index contributed by atoms with van der Waals surface area (Å²) >= 11 is 0. The molecule has 1 atom stereocenters. The summed E-state index contributed by atoms with van der Waals surface area (Å²) in [6.45, 7) is 8.05.